The summed E-state index contributed by atoms with van der Waals surface area (Å²) in [5.74, 6) is -3.42. The zero-order chi connectivity index (χ0) is 14.0. The third-order valence-corrected chi connectivity index (χ3v) is 3.58. The van der Waals surface area contributed by atoms with Gasteiger partial charge in [-0.1, -0.05) is 34.1 Å². The van der Waals surface area contributed by atoms with Crippen LogP contribution < -0.4 is 0 Å². The van der Waals surface area contributed by atoms with Gasteiger partial charge in [-0.25, -0.2) is 17.6 Å². The molecule has 0 N–H and O–H groups in total. The van der Waals surface area contributed by atoms with Crippen molar-refractivity contribution < 1.29 is 17.6 Å². The lowest BCUT2D eigenvalue weighted by molar-refractivity contribution is 0.496. The molecule has 5 heteroatoms. The van der Waals surface area contributed by atoms with Crippen molar-refractivity contribution in [3.63, 3.8) is 0 Å². The third-order valence-electron chi connectivity index (χ3n) is 2.76. The fourth-order valence-electron chi connectivity index (χ4n) is 1.78. The van der Waals surface area contributed by atoms with E-state index in [9.17, 15) is 17.6 Å². The van der Waals surface area contributed by atoms with Crippen molar-refractivity contribution in [3.05, 3.63) is 70.8 Å². The maximum atomic E-state index is 13.6. The lowest BCUT2D eigenvalue weighted by atomic mass is 10.0. The fraction of sp³-hybridized carbons (Fsp3) is 0.143. The van der Waals surface area contributed by atoms with E-state index < -0.39 is 28.1 Å². The van der Waals surface area contributed by atoms with E-state index in [1.54, 1.807) is 0 Å². The Balaban J connectivity index is 2.31. The van der Waals surface area contributed by atoms with Gasteiger partial charge in [0.25, 0.3) is 0 Å². The van der Waals surface area contributed by atoms with E-state index in [-0.39, 0.29) is 17.5 Å². The molecule has 0 fully saturated rings. The van der Waals surface area contributed by atoms with Crippen LogP contribution in [0.2, 0.25) is 0 Å². The summed E-state index contributed by atoms with van der Waals surface area (Å²) >= 11 is 3.14. The quantitative estimate of drug-likeness (QED) is 0.552. The number of rotatable bonds is 3. The number of hydrogen-bond donors (Lipinski definition) is 0. The minimum Gasteiger partial charge on any atom is -0.207 e. The largest absolute Gasteiger partial charge is 0.207 e. The Morgan fingerprint density at radius 2 is 1.37 bits per heavy atom. The van der Waals surface area contributed by atoms with Gasteiger partial charge in [0, 0.05) is 16.0 Å². The first kappa shape index (κ1) is 14.1. The third kappa shape index (κ3) is 2.97. The van der Waals surface area contributed by atoms with Crippen molar-refractivity contribution in [1.29, 1.82) is 0 Å². The molecule has 0 nitrogen and oxygen atoms in total. The second-order valence-corrected chi connectivity index (χ2v) is 5.12. The van der Waals surface area contributed by atoms with Crippen molar-refractivity contribution >= 4 is 15.9 Å². The summed E-state index contributed by atoms with van der Waals surface area (Å²) in [5.41, 5.74) is -0.129. The molecule has 0 aromatic heterocycles. The molecule has 0 saturated heterocycles. The highest BCUT2D eigenvalue weighted by molar-refractivity contribution is 9.09. The maximum Gasteiger partial charge on any atom is 0.163 e. The van der Waals surface area contributed by atoms with Gasteiger partial charge in [-0.05, 0) is 24.6 Å². The van der Waals surface area contributed by atoms with Crippen LogP contribution in [-0.2, 0) is 6.42 Å². The van der Waals surface area contributed by atoms with Gasteiger partial charge in [0.2, 0.25) is 0 Å². The van der Waals surface area contributed by atoms with Gasteiger partial charge in [-0.3, -0.25) is 0 Å². The van der Waals surface area contributed by atoms with Crippen LogP contribution in [-0.4, -0.2) is 0 Å². The minimum absolute atomic E-state index is 0.0302. The van der Waals surface area contributed by atoms with Crippen molar-refractivity contribution in [3.8, 4) is 0 Å². The molecule has 2 aromatic rings. The van der Waals surface area contributed by atoms with Crippen LogP contribution in [0.1, 0.15) is 16.0 Å². The Bertz CT molecular complexity index is 578. The summed E-state index contributed by atoms with van der Waals surface area (Å²) in [5, 5.41) is 0. The van der Waals surface area contributed by atoms with Gasteiger partial charge in [-0.2, -0.15) is 0 Å². The summed E-state index contributed by atoms with van der Waals surface area (Å²) in [4.78, 5) is -0.713. The molecule has 0 saturated carbocycles. The topological polar surface area (TPSA) is 0 Å². The van der Waals surface area contributed by atoms with Crippen LogP contribution in [0.15, 0.2) is 36.4 Å². The lowest BCUT2D eigenvalue weighted by Gasteiger charge is -2.13. The van der Waals surface area contributed by atoms with Crippen molar-refractivity contribution in [2.24, 2.45) is 0 Å². The van der Waals surface area contributed by atoms with E-state index in [1.165, 1.54) is 18.2 Å². The zero-order valence-electron chi connectivity index (χ0n) is 9.64. The van der Waals surface area contributed by atoms with E-state index >= 15 is 0 Å². The molecule has 1 atom stereocenters. The summed E-state index contributed by atoms with van der Waals surface area (Å²) in [6, 6.07) is 7.21. The summed E-state index contributed by atoms with van der Waals surface area (Å²) in [7, 11) is 0. The van der Waals surface area contributed by atoms with Gasteiger partial charge < -0.3 is 0 Å². The number of alkyl halides is 1. The molecule has 2 aromatic carbocycles. The molecule has 0 aliphatic heterocycles. The summed E-state index contributed by atoms with van der Waals surface area (Å²) in [6.45, 7) is 0. The standard InChI is InChI=1S/C14H9BrF4/c15-10(8-3-1-6-13(18)14(8)19)7-9-11(16)4-2-5-12(9)17/h1-6,10H,7H2. The van der Waals surface area contributed by atoms with E-state index in [0.717, 1.165) is 18.2 Å². The van der Waals surface area contributed by atoms with Crippen molar-refractivity contribution in [2.45, 2.75) is 11.2 Å². The number of halogens is 5. The van der Waals surface area contributed by atoms with Crippen LogP contribution >= 0.6 is 15.9 Å². The molecule has 0 heterocycles. The first-order valence-electron chi connectivity index (χ1n) is 5.51. The minimum atomic E-state index is -1.01. The van der Waals surface area contributed by atoms with Gasteiger partial charge in [0.1, 0.15) is 11.6 Å². The summed E-state index contributed by atoms with van der Waals surface area (Å²) in [6.07, 6.45) is -0.112. The first-order valence-corrected chi connectivity index (χ1v) is 6.43. The molecular weight excluding hydrogens is 324 g/mol. The molecule has 0 aliphatic carbocycles. The van der Waals surface area contributed by atoms with E-state index in [1.807, 2.05) is 0 Å². The molecule has 2 rings (SSSR count). The average Bonchev–Trinajstić information content (AvgIpc) is 2.37. The second kappa shape index (κ2) is 5.74. The Morgan fingerprint density at radius 3 is 2.00 bits per heavy atom. The average molecular weight is 333 g/mol. The fourth-order valence-corrected chi connectivity index (χ4v) is 2.46. The molecule has 1 unspecified atom stereocenters. The molecule has 0 spiro atoms. The molecule has 19 heavy (non-hydrogen) atoms. The Kier molecular flexibility index (Phi) is 4.24. The monoisotopic (exact) mass is 332 g/mol. The van der Waals surface area contributed by atoms with Gasteiger partial charge in [0.15, 0.2) is 11.6 Å². The normalized spacial score (nSPS) is 12.5. The molecule has 0 radical (unpaired) electrons. The predicted octanol–water partition coefficient (Wildman–Crippen LogP) is 4.92. The van der Waals surface area contributed by atoms with Crippen molar-refractivity contribution in [1.82, 2.24) is 0 Å². The zero-order valence-corrected chi connectivity index (χ0v) is 11.2. The highest BCUT2D eigenvalue weighted by atomic mass is 79.9. The SMILES string of the molecule is Fc1cccc(C(Br)Cc2c(F)cccc2F)c1F. The maximum absolute atomic E-state index is 13.6. The number of benzene rings is 2. The first-order chi connectivity index (χ1) is 9.00. The Labute approximate surface area is 116 Å². The summed E-state index contributed by atoms with van der Waals surface area (Å²) < 4.78 is 53.6. The Morgan fingerprint density at radius 1 is 0.842 bits per heavy atom. The van der Waals surface area contributed by atoms with E-state index in [4.69, 9.17) is 0 Å². The Hall–Kier alpha value is -1.36. The second-order valence-electron chi connectivity index (χ2n) is 4.01. The molecule has 100 valence electrons. The highest BCUT2D eigenvalue weighted by Gasteiger charge is 2.19. The smallest absolute Gasteiger partial charge is 0.163 e. The van der Waals surface area contributed by atoms with Crippen molar-refractivity contribution in [2.75, 3.05) is 0 Å². The van der Waals surface area contributed by atoms with Gasteiger partial charge in [-0.15, -0.1) is 0 Å². The molecule has 0 amide bonds. The van der Waals surface area contributed by atoms with Crippen LogP contribution in [0.3, 0.4) is 0 Å². The number of hydrogen-bond acceptors (Lipinski definition) is 0. The lowest BCUT2D eigenvalue weighted by Crippen LogP contribution is -2.04. The molecular formula is C14H9BrF4. The molecule has 0 aliphatic rings. The molecule has 0 bridgehead atoms. The van der Waals surface area contributed by atoms with Crippen LogP contribution in [0.25, 0.3) is 0 Å². The van der Waals surface area contributed by atoms with Gasteiger partial charge >= 0.3 is 0 Å². The van der Waals surface area contributed by atoms with E-state index in [2.05, 4.69) is 15.9 Å². The predicted molar refractivity (Wildman–Crippen MR) is 68.1 cm³/mol. The van der Waals surface area contributed by atoms with Crippen LogP contribution in [0.5, 0.6) is 0 Å². The van der Waals surface area contributed by atoms with Crippen LogP contribution in [0.4, 0.5) is 17.6 Å². The van der Waals surface area contributed by atoms with Gasteiger partial charge in [0.05, 0.1) is 0 Å². The van der Waals surface area contributed by atoms with Crippen LogP contribution in [0, 0.1) is 23.3 Å². The van der Waals surface area contributed by atoms with E-state index in [0.29, 0.717) is 0 Å². The highest BCUT2D eigenvalue weighted by Crippen LogP contribution is 2.31.